The molecular formula is C36H44BN3O6S. The topological polar surface area (TPSA) is 117 Å². The summed E-state index contributed by atoms with van der Waals surface area (Å²) in [7, 11) is 1.63. The molecule has 3 aromatic carbocycles. The van der Waals surface area contributed by atoms with E-state index in [1.807, 2.05) is 75.4 Å². The number of ketones is 2. The van der Waals surface area contributed by atoms with Gasteiger partial charge in [0.1, 0.15) is 6.61 Å². The monoisotopic (exact) mass is 657 g/mol. The number of carbonyl (C=O) groups excluding carboxylic acids is 3. The van der Waals surface area contributed by atoms with Crippen molar-refractivity contribution < 1.29 is 29.2 Å². The first-order chi connectivity index (χ1) is 22.6. The molecule has 0 aromatic heterocycles. The Labute approximate surface area is 283 Å². The number of nitrogens with one attached hydrogen (secondary N) is 2. The molecule has 0 aliphatic heterocycles. The van der Waals surface area contributed by atoms with Gasteiger partial charge < -0.3 is 0 Å². The van der Waals surface area contributed by atoms with Gasteiger partial charge in [-0.15, -0.1) is 0 Å². The van der Waals surface area contributed by atoms with Crippen LogP contribution in [-0.4, -0.2) is 60.4 Å². The molecule has 0 aliphatic carbocycles. The van der Waals surface area contributed by atoms with Crippen molar-refractivity contribution in [3.63, 3.8) is 0 Å². The van der Waals surface area contributed by atoms with Crippen LogP contribution in [0.2, 0.25) is 0 Å². The van der Waals surface area contributed by atoms with Crippen LogP contribution in [0.15, 0.2) is 91.5 Å². The minimum Gasteiger partial charge on any atom is -0.0622 e. The molecule has 0 saturated carbocycles. The molecule has 0 heterocycles. The smallest absolute Gasteiger partial charge is 0.0622 e. The fraction of sp³-hybridized carbons (Fsp3) is 0.361. The normalized spacial score (nSPS) is 14.2. The van der Waals surface area contributed by atoms with Crippen molar-refractivity contribution in [2.45, 2.75) is 51.7 Å². The second kappa shape index (κ2) is 18.3. The van der Waals surface area contributed by atoms with Crippen LogP contribution in [0.1, 0.15) is 65.7 Å². The number of nitrogens with zero attached hydrogens (tertiary/aromatic N) is 1. The summed E-state index contributed by atoms with van der Waals surface area (Å²) in [5.74, 6) is -1.51. The minimum atomic E-state index is -1.68. The average Bonchev–Trinajstić information content (AvgIpc) is 3.09. The number of amides is 1. The number of aliphatic hydroxyl groups is 1. The Hall–Kier alpha value is -4.03. The number of hydroxylamine groups is 2. The Morgan fingerprint density at radius 2 is 1.68 bits per heavy atom. The van der Waals surface area contributed by atoms with Gasteiger partial charge in [-0.25, -0.2) is 0 Å². The van der Waals surface area contributed by atoms with E-state index in [4.69, 9.17) is 21.7 Å². The number of rotatable bonds is 19. The molecular weight excluding hydrogens is 613 g/mol. The number of likely N-dealkylation sites (N-methyl/N-ethyl adjacent to an activating group) is 1. The zero-order chi connectivity index (χ0) is 34.4. The molecule has 4 unspecified atom stereocenters. The van der Waals surface area contributed by atoms with Gasteiger partial charge in [0.15, 0.2) is 0 Å². The van der Waals surface area contributed by atoms with Crippen LogP contribution in [0.3, 0.4) is 0 Å². The van der Waals surface area contributed by atoms with Crippen LogP contribution < -0.4 is 10.7 Å². The molecule has 0 aliphatic rings. The van der Waals surface area contributed by atoms with E-state index in [1.165, 1.54) is 17.4 Å². The van der Waals surface area contributed by atoms with Crippen molar-refractivity contribution in [2.75, 3.05) is 20.2 Å². The number of hydrogen-bond donors (Lipinski definition) is 3. The van der Waals surface area contributed by atoms with E-state index in [0.717, 1.165) is 5.56 Å². The van der Waals surface area contributed by atoms with Crippen LogP contribution >= 0.6 is 12.1 Å². The van der Waals surface area contributed by atoms with E-state index in [0.29, 0.717) is 23.1 Å². The van der Waals surface area contributed by atoms with E-state index >= 15 is 0 Å². The number of hydrogen-bond acceptors (Lipinski definition) is 8. The number of ether oxygens (including phenoxy) is 1. The summed E-state index contributed by atoms with van der Waals surface area (Å²) in [6.07, 6.45) is 2.68. The third-order valence-corrected chi connectivity index (χ3v) is 8.40. The van der Waals surface area contributed by atoms with Crippen LogP contribution in [0, 0.1) is 18.8 Å². The van der Waals surface area contributed by atoms with Crippen molar-refractivity contribution in [1.82, 2.24) is 15.8 Å². The van der Waals surface area contributed by atoms with Crippen molar-refractivity contribution in [1.29, 1.82) is 0 Å². The maximum atomic E-state index is 14.6. The van der Waals surface area contributed by atoms with Gasteiger partial charge in [0.2, 0.25) is 0 Å². The van der Waals surface area contributed by atoms with Gasteiger partial charge in [-0.2, -0.15) is 0 Å². The number of carbonyl (C=O) groups is 3. The van der Waals surface area contributed by atoms with E-state index in [1.54, 1.807) is 31.3 Å². The zero-order valence-electron chi connectivity index (χ0n) is 27.5. The molecule has 9 nitrogen and oxygen atoms in total. The van der Waals surface area contributed by atoms with Crippen LogP contribution in [0.5, 0.6) is 0 Å². The van der Waals surface area contributed by atoms with Gasteiger partial charge in [0.05, 0.1) is 0 Å². The van der Waals surface area contributed by atoms with Crippen molar-refractivity contribution in [3.05, 3.63) is 119 Å². The molecule has 248 valence electrons. The Morgan fingerprint density at radius 3 is 2.32 bits per heavy atom. The predicted molar refractivity (Wildman–Crippen MR) is 186 cm³/mol. The Balaban J connectivity index is 2.08. The molecule has 4 atom stereocenters. The van der Waals surface area contributed by atoms with E-state index < -0.39 is 23.7 Å². The third kappa shape index (κ3) is 9.74. The summed E-state index contributed by atoms with van der Waals surface area (Å²) in [4.78, 5) is 46.2. The number of benzene rings is 3. The molecule has 0 saturated heterocycles. The Kier molecular flexibility index (Phi) is 14.6. The standard InChI is InChI=1S/C36H44BN3O6S/c1-6-23-45-35(43)38-22-21-27(24-32(41)33(26(4)7-2)40(5)46-39-37-47)34(42)30-15-11-12-16-31(30)36(44,28-13-9-8-10-14-28)29-19-17-25(3)18-20-29/h6,8-20,26-27,33,39,44H,1,7,21-24H2,2-5H3,(H,38,43). The van der Waals surface area contributed by atoms with Crippen LogP contribution in [0.4, 0.5) is 4.79 Å². The fourth-order valence-electron chi connectivity index (χ4n) is 5.67. The molecule has 3 aromatic rings. The SMILES string of the molecule is C=CCOC(=O)NCCC(CC(=O)C(C(C)CC)N(C)ONB=S)C(=O)c1ccccc1C(O)(c1ccccc1)c1ccc(C)cc1. The third-order valence-electron chi connectivity index (χ3n) is 8.31. The van der Waals surface area contributed by atoms with Gasteiger partial charge >= 0.3 is 198 Å². The molecule has 0 bridgehead atoms. The molecule has 0 fully saturated rings. The first-order valence-electron chi connectivity index (χ1n) is 15.7. The summed E-state index contributed by atoms with van der Waals surface area (Å²) in [6, 6.07) is 23.0. The maximum absolute atomic E-state index is 14.6. The van der Waals surface area contributed by atoms with E-state index in [2.05, 4.69) is 17.3 Å². The van der Waals surface area contributed by atoms with Crippen molar-refractivity contribution in [2.24, 2.45) is 11.8 Å². The number of Topliss-reactive ketones (excluding diaryl/α,β-unsaturated/α-hetero) is 2. The van der Waals surface area contributed by atoms with E-state index in [9.17, 15) is 19.5 Å². The second-order valence-corrected chi connectivity index (χ2v) is 11.8. The fourth-order valence-corrected chi connectivity index (χ4v) is 5.71. The number of alkyl carbamates (subject to hydrolysis) is 1. The molecule has 47 heavy (non-hydrogen) atoms. The van der Waals surface area contributed by atoms with Gasteiger partial charge in [0, 0.05) is 0 Å². The van der Waals surface area contributed by atoms with Gasteiger partial charge in [-0.05, 0) is 6.92 Å². The van der Waals surface area contributed by atoms with E-state index in [-0.39, 0.29) is 49.0 Å². The molecule has 11 heteroatoms. The molecule has 0 radical (unpaired) electrons. The minimum absolute atomic E-state index is 0.0375. The molecule has 0 spiro atoms. The average molecular weight is 658 g/mol. The van der Waals surface area contributed by atoms with Gasteiger partial charge in [-0.1, -0.05) is 72.8 Å². The first-order valence-corrected chi connectivity index (χ1v) is 16.2. The summed E-state index contributed by atoms with van der Waals surface area (Å²) >= 11 is 4.80. The quantitative estimate of drug-likeness (QED) is 0.0480. The van der Waals surface area contributed by atoms with Crippen LogP contribution in [0.25, 0.3) is 0 Å². The first kappa shape index (κ1) is 37.4. The molecule has 3 N–H and O–H groups in total. The molecule has 1 amide bonds. The molecule has 3 rings (SSSR count). The summed E-state index contributed by atoms with van der Waals surface area (Å²) in [5, 5.41) is 19.2. The van der Waals surface area contributed by atoms with Gasteiger partial charge in [0.25, 0.3) is 0 Å². The number of aryl methyl sites for hydroxylation is 1. The summed E-state index contributed by atoms with van der Waals surface area (Å²) in [6.45, 7) is 9.53. The Morgan fingerprint density at radius 1 is 1.04 bits per heavy atom. The van der Waals surface area contributed by atoms with Crippen LogP contribution in [-0.2, 0) is 20.1 Å². The summed E-state index contributed by atoms with van der Waals surface area (Å²) in [5.41, 5.74) is 1.19. The second-order valence-electron chi connectivity index (χ2n) is 11.5. The van der Waals surface area contributed by atoms with Crippen molar-refractivity contribution in [3.8, 4) is 0 Å². The van der Waals surface area contributed by atoms with Gasteiger partial charge in [-0.3, -0.25) is 0 Å². The summed E-state index contributed by atoms with van der Waals surface area (Å²) < 4.78 is 5.03. The zero-order valence-corrected chi connectivity index (χ0v) is 28.3. The van der Waals surface area contributed by atoms with Crippen molar-refractivity contribution >= 4 is 36.0 Å². The predicted octanol–water partition coefficient (Wildman–Crippen LogP) is 5.85. The Bertz CT molecular complexity index is 1510.